The quantitative estimate of drug-likeness (QED) is 0.771. The second-order valence-corrected chi connectivity index (χ2v) is 7.71. The third-order valence-electron chi connectivity index (χ3n) is 5.13. The predicted octanol–water partition coefficient (Wildman–Crippen LogP) is 3.79. The van der Waals surface area contributed by atoms with E-state index in [4.69, 9.17) is 28.9 Å². The number of hydrogen-bond acceptors (Lipinski definition) is 3. The van der Waals surface area contributed by atoms with Crippen LogP contribution in [0.3, 0.4) is 0 Å². The topological polar surface area (TPSA) is 49.6 Å². The van der Waals surface area contributed by atoms with Crippen LogP contribution in [0.5, 0.6) is 0 Å². The molecular weight excluding hydrogens is 416 g/mol. The molecular formula is C18H27Cl4N3O. The fourth-order valence-electron chi connectivity index (χ4n) is 3.79. The second kappa shape index (κ2) is 10.9. The standard InChI is InChI=1S/C18H25Cl2N3O.2ClH/c19-14-6-5-13(10-15(14)20)11-18(24)23-9-3-4-16(21)17(23)12-22-7-1-2-8-22;;/h5-6,10,16-17H,1-4,7-9,11-12,21H2;2*1H/t16-,17+;;/m1../s1. The normalized spacial score (nSPS) is 23.3. The summed E-state index contributed by atoms with van der Waals surface area (Å²) in [4.78, 5) is 17.3. The molecule has 0 saturated carbocycles. The summed E-state index contributed by atoms with van der Waals surface area (Å²) in [6, 6.07) is 5.58. The minimum absolute atomic E-state index is 0. The van der Waals surface area contributed by atoms with Crippen LogP contribution < -0.4 is 5.73 Å². The Hall–Kier alpha value is -0.230. The van der Waals surface area contributed by atoms with Crippen LogP contribution in [0.15, 0.2) is 18.2 Å². The van der Waals surface area contributed by atoms with E-state index in [2.05, 4.69) is 4.90 Å². The number of hydrogen-bond donors (Lipinski definition) is 1. The van der Waals surface area contributed by atoms with Gasteiger partial charge in [0.1, 0.15) is 0 Å². The van der Waals surface area contributed by atoms with E-state index in [1.54, 1.807) is 12.1 Å². The zero-order chi connectivity index (χ0) is 17.1. The van der Waals surface area contributed by atoms with Gasteiger partial charge in [0, 0.05) is 19.1 Å². The molecule has 8 heteroatoms. The molecule has 0 unspecified atom stereocenters. The van der Waals surface area contributed by atoms with Gasteiger partial charge in [-0.15, -0.1) is 24.8 Å². The van der Waals surface area contributed by atoms with Crippen LogP contribution in [-0.4, -0.2) is 54.0 Å². The third kappa shape index (κ3) is 5.88. The number of nitrogens with zero attached hydrogens (tertiary/aromatic N) is 2. The summed E-state index contributed by atoms with van der Waals surface area (Å²) < 4.78 is 0. The number of nitrogens with two attached hydrogens (primary N) is 1. The molecule has 4 nitrogen and oxygen atoms in total. The number of amides is 1. The van der Waals surface area contributed by atoms with Crippen molar-refractivity contribution in [2.24, 2.45) is 5.73 Å². The molecule has 0 aliphatic carbocycles. The van der Waals surface area contributed by atoms with Crippen LogP contribution in [0.25, 0.3) is 0 Å². The highest BCUT2D eigenvalue weighted by molar-refractivity contribution is 6.42. The fraction of sp³-hybridized carbons (Fsp3) is 0.611. The minimum Gasteiger partial charge on any atom is -0.337 e. The SMILES string of the molecule is Cl.Cl.N[C@@H]1CCCN(C(=O)Cc2ccc(Cl)c(Cl)c2)[C@H]1CN1CCCC1. The van der Waals surface area contributed by atoms with E-state index >= 15 is 0 Å². The highest BCUT2D eigenvalue weighted by Gasteiger charge is 2.33. The number of rotatable bonds is 4. The van der Waals surface area contributed by atoms with Gasteiger partial charge in [0.05, 0.1) is 22.5 Å². The van der Waals surface area contributed by atoms with Crippen LogP contribution in [0, 0.1) is 0 Å². The lowest BCUT2D eigenvalue weighted by Crippen LogP contribution is -2.58. The predicted molar refractivity (Wildman–Crippen MR) is 113 cm³/mol. The van der Waals surface area contributed by atoms with Crippen molar-refractivity contribution in [1.29, 1.82) is 0 Å². The van der Waals surface area contributed by atoms with Crippen molar-refractivity contribution in [3.8, 4) is 0 Å². The Kier molecular flexibility index (Phi) is 10.0. The number of carbonyl (C=O) groups excluding carboxylic acids is 1. The molecule has 0 radical (unpaired) electrons. The highest BCUT2D eigenvalue weighted by atomic mass is 35.5. The van der Waals surface area contributed by atoms with E-state index in [0.717, 1.165) is 44.6 Å². The van der Waals surface area contributed by atoms with Crippen LogP contribution >= 0.6 is 48.0 Å². The fourth-order valence-corrected chi connectivity index (χ4v) is 4.11. The van der Waals surface area contributed by atoms with Crippen molar-refractivity contribution in [1.82, 2.24) is 9.80 Å². The molecule has 1 aromatic carbocycles. The maximum absolute atomic E-state index is 12.9. The van der Waals surface area contributed by atoms with Crippen LogP contribution in [0.2, 0.25) is 10.0 Å². The number of piperidine rings is 1. The summed E-state index contributed by atoms with van der Waals surface area (Å²) in [6.07, 6.45) is 4.82. The Morgan fingerprint density at radius 1 is 1.08 bits per heavy atom. The molecule has 2 saturated heterocycles. The molecule has 3 rings (SSSR count). The smallest absolute Gasteiger partial charge is 0.227 e. The molecule has 0 bridgehead atoms. The van der Waals surface area contributed by atoms with E-state index in [1.807, 2.05) is 11.0 Å². The van der Waals surface area contributed by atoms with E-state index in [0.29, 0.717) is 16.5 Å². The number of halogens is 4. The minimum atomic E-state index is 0. The lowest BCUT2D eigenvalue weighted by molar-refractivity contribution is -0.135. The van der Waals surface area contributed by atoms with E-state index in [1.165, 1.54) is 12.8 Å². The lowest BCUT2D eigenvalue weighted by atomic mass is 9.95. The molecule has 2 atom stereocenters. The van der Waals surface area contributed by atoms with Gasteiger partial charge in [0.25, 0.3) is 0 Å². The molecule has 0 spiro atoms. The van der Waals surface area contributed by atoms with Gasteiger partial charge in [-0.3, -0.25) is 4.79 Å². The van der Waals surface area contributed by atoms with Gasteiger partial charge in [0.2, 0.25) is 5.91 Å². The van der Waals surface area contributed by atoms with Gasteiger partial charge < -0.3 is 15.5 Å². The monoisotopic (exact) mass is 441 g/mol. The lowest BCUT2D eigenvalue weighted by Gasteiger charge is -2.41. The molecule has 148 valence electrons. The Morgan fingerprint density at radius 3 is 2.42 bits per heavy atom. The van der Waals surface area contributed by atoms with E-state index in [9.17, 15) is 4.79 Å². The molecule has 2 aliphatic rings. The molecule has 0 aromatic heterocycles. The van der Waals surface area contributed by atoms with E-state index < -0.39 is 0 Å². The summed E-state index contributed by atoms with van der Waals surface area (Å²) in [5, 5.41) is 1.01. The molecule has 1 amide bonds. The summed E-state index contributed by atoms with van der Waals surface area (Å²) in [5.74, 6) is 0.132. The van der Waals surface area contributed by atoms with Crippen LogP contribution in [0.1, 0.15) is 31.2 Å². The highest BCUT2D eigenvalue weighted by Crippen LogP contribution is 2.24. The van der Waals surface area contributed by atoms with Gasteiger partial charge in [-0.25, -0.2) is 0 Å². The average Bonchev–Trinajstić information content (AvgIpc) is 3.06. The maximum Gasteiger partial charge on any atom is 0.227 e. The first-order valence-electron chi connectivity index (χ1n) is 8.76. The zero-order valence-electron chi connectivity index (χ0n) is 14.7. The van der Waals surface area contributed by atoms with Crippen molar-refractivity contribution in [2.75, 3.05) is 26.2 Å². The molecule has 2 N–H and O–H groups in total. The number of benzene rings is 1. The summed E-state index contributed by atoms with van der Waals surface area (Å²) in [6.45, 7) is 3.94. The van der Waals surface area contributed by atoms with Crippen molar-refractivity contribution in [2.45, 2.75) is 44.2 Å². The Labute approximate surface area is 178 Å². The van der Waals surface area contributed by atoms with Gasteiger partial charge in [-0.2, -0.15) is 0 Å². The van der Waals surface area contributed by atoms with Gasteiger partial charge in [-0.1, -0.05) is 29.3 Å². The molecule has 2 fully saturated rings. The van der Waals surface area contributed by atoms with Crippen LogP contribution in [0.4, 0.5) is 0 Å². The first-order chi connectivity index (χ1) is 11.5. The van der Waals surface area contributed by atoms with Crippen LogP contribution in [-0.2, 0) is 11.2 Å². The Morgan fingerprint density at radius 2 is 1.77 bits per heavy atom. The van der Waals surface area contributed by atoms with Crippen molar-refractivity contribution < 1.29 is 4.79 Å². The maximum atomic E-state index is 12.9. The first kappa shape index (κ1) is 23.8. The molecule has 26 heavy (non-hydrogen) atoms. The average molecular weight is 443 g/mol. The molecule has 2 aliphatic heterocycles. The summed E-state index contributed by atoms with van der Waals surface area (Å²) in [5.41, 5.74) is 7.26. The van der Waals surface area contributed by atoms with Crippen molar-refractivity contribution >= 4 is 53.9 Å². The van der Waals surface area contributed by atoms with Crippen molar-refractivity contribution in [3.63, 3.8) is 0 Å². The Balaban J connectivity index is 0.00000169. The number of likely N-dealkylation sites (tertiary alicyclic amines) is 2. The largest absolute Gasteiger partial charge is 0.337 e. The Bertz CT molecular complexity index is 596. The second-order valence-electron chi connectivity index (χ2n) is 6.89. The number of carbonyl (C=O) groups is 1. The summed E-state index contributed by atoms with van der Waals surface area (Å²) >= 11 is 12.0. The first-order valence-corrected chi connectivity index (χ1v) is 9.51. The zero-order valence-corrected chi connectivity index (χ0v) is 17.8. The van der Waals surface area contributed by atoms with E-state index in [-0.39, 0.29) is 42.8 Å². The summed E-state index contributed by atoms with van der Waals surface area (Å²) in [7, 11) is 0. The van der Waals surface area contributed by atoms with Gasteiger partial charge >= 0.3 is 0 Å². The third-order valence-corrected chi connectivity index (χ3v) is 5.87. The van der Waals surface area contributed by atoms with Gasteiger partial charge in [-0.05, 0) is 56.5 Å². The van der Waals surface area contributed by atoms with Crippen molar-refractivity contribution in [3.05, 3.63) is 33.8 Å². The molecule has 1 aromatic rings. The van der Waals surface area contributed by atoms with Gasteiger partial charge in [0.15, 0.2) is 0 Å². The molecule has 2 heterocycles.